The van der Waals surface area contributed by atoms with E-state index in [0.29, 0.717) is 0 Å². The molecule has 0 fully saturated rings. The van der Waals surface area contributed by atoms with Crippen LogP contribution in [-0.2, 0) is 5.66 Å². The number of hydrogen-bond acceptors (Lipinski definition) is 3. The molecule has 3 rings (SSSR count). The van der Waals surface area contributed by atoms with Crippen molar-refractivity contribution in [3.63, 3.8) is 0 Å². The second kappa shape index (κ2) is 9.82. The fourth-order valence-corrected chi connectivity index (χ4v) is 4.08. The van der Waals surface area contributed by atoms with Gasteiger partial charge in [-0.25, -0.2) is 0 Å². The Kier molecular flexibility index (Phi) is 7.18. The first kappa shape index (κ1) is 21.2. The first-order valence-corrected chi connectivity index (χ1v) is 11.1. The Morgan fingerprint density at radius 3 is 2.34 bits per heavy atom. The lowest BCUT2D eigenvalue weighted by Crippen LogP contribution is -2.57. The molecule has 1 unspecified atom stereocenters. The molecule has 29 heavy (non-hydrogen) atoms. The molecule has 1 aliphatic rings. The van der Waals surface area contributed by atoms with E-state index in [0.717, 1.165) is 61.4 Å². The van der Waals surface area contributed by atoms with Crippen molar-refractivity contribution in [2.75, 3.05) is 18.5 Å². The van der Waals surface area contributed by atoms with Gasteiger partial charge in [0.05, 0.1) is 12.2 Å². The molecule has 2 aromatic rings. The van der Waals surface area contributed by atoms with Crippen LogP contribution in [0.1, 0.15) is 75.2 Å². The van der Waals surface area contributed by atoms with Crippen molar-refractivity contribution < 1.29 is 9.53 Å². The Balaban J connectivity index is 1.91. The van der Waals surface area contributed by atoms with Gasteiger partial charge in [0.2, 0.25) is 0 Å². The van der Waals surface area contributed by atoms with E-state index in [-0.39, 0.29) is 5.91 Å². The minimum Gasteiger partial charge on any atom is -0.494 e. The fraction of sp³-hybridized carbons (Fsp3) is 0.480. The molecular weight excluding hydrogens is 360 g/mol. The van der Waals surface area contributed by atoms with Crippen LogP contribution in [0, 0.1) is 0 Å². The summed E-state index contributed by atoms with van der Waals surface area (Å²) in [5.41, 5.74) is 2.22. The number of hydrogen-bond donors (Lipinski definition) is 1. The minimum atomic E-state index is -0.540. The Bertz CT molecular complexity index is 803. The van der Waals surface area contributed by atoms with Gasteiger partial charge in [0.25, 0.3) is 5.91 Å². The SMILES string of the molecule is CCCCCOc1ccc(C2(CC)Nc3ccccc3C(=O)N2CCCC)cc1. The van der Waals surface area contributed by atoms with Gasteiger partial charge >= 0.3 is 0 Å². The van der Waals surface area contributed by atoms with Crippen LogP contribution in [0.25, 0.3) is 0 Å². The smallest absolute Gasteiger partial charge is 0.258 e. The molecular formula is C25H34N2O2. The number of carbonyl (C=O) groups excluding carboxylic acids is 1. The molecule has 0 radical (unpaired) electrons. The van der Waals surface area contributed by atoms with Gasteiger partial charge in [-0.15, -0.1) is 0 Å². The van der Waals surface area contributed by atoms with E-state index in [9.17, 15) is 4.79 Å². The van der Waals surface area contributed by atoms with Gasteiger partial charge in [0.15, 0.2) is 0 Å². The van der Waals surface area contributed by atoms with Crippen LogP contribution in [0.4, 0.5) is 5.69 Å². The minimum absolute atomic E-state index is 0.106. The molecule has 1 heterocycles. The lowest BCUT2D eigenvalue weighted by atomic mass is 9.89. The molecule has 0 bridgehead atoms. The number of unbranched alkanes of at least 4 members (excludes halogenated alkanes) is 3. The third-order valence-corrected chi connectivity index (χ3v) is 5.80. The van der Waals surface area contributed by atoms with Gasteiger partial charge < -0.3 is 15.0 Å². The largest absolute Gasteiger partial charge is 0.494 e. The summed E-state index contributed by atoms with van der Waals surface area (Å²) in [6.07, 6.45) is 6.28. The molecule has 0 saturated heterocycles. The highest BCUT2D eigenvalue weighted by Crippen LogP contribution is 2.40. The molecule has 1 atom stereocenters. The highest BCUT2D eigenvalue weighted by molar-refractivity contribution is 6.02. The average molecular weight is 395 g/mol. The number of para-hydroxylation sites is 1. The first-order chi connectivity index (χ1) is 14.2. The molecule has 1 N–H and O–H groups in total. The highest BCUT2D eigenvalue weighted by atomic mass is 16.5. The van der Waals surface area contributed by atoms with Crippen molar-refractivity contribution in [3.05, 3.63) is 59.7 Å². The number of nitrogens with zero attached hydrogens (tertiary/aromatic N) is 1. The number of nitrogens with one attached hydrogen (secondary N) is 1. The quantitative estimate of drug-likeness (QED) is 0.489. The standard InChI is InChI=1S/C25H34N2O2/c1-4-7-11-19-29-21-16-14-20(15-17-21)25(6-3)26-23-13-10-9-12-22(23)24(28)27(25)18-8-5-2/h9-10,12-17,26H,4-8,11,18-19H2,1-3H3. The second-order valence-electron chi connectivity index (χ2n) is 7.77. The number of anilines is 1. The van der Waals surface area contributed by atoms with Gasteiger partial charge in [-0.1, -0.05) is 64.3 Å². The lowest BCUT2D eigenvalue weighted by molar-refractivity contribution is 0.0478. The number of amides is 1. The molecule has 1 amide bonds. The van der Waals surface area contributed by atoms with E-state index in [1.54, 1.807) is 0 Å². The van der Waals surface area contributed by atoms with Crippen LogP contribution in [0.5, 0.6) is 5.75 Å². The topological polar surface area (TPSA) is 41.6 Å². The molecule has 156 valence electrons. The molecule has 0 saturated carbocycles. The number of ether oxygens (including phenoxy) is 1. The highest BCUT2D eigenvalue weighted by Gasteiger charge is 2.44. The third-order valence-electron chi connectivity index (χ3n) is 5.80. The third kappa shape index (κ3) is 4.42. The fourth-order valence-electron chi connectivity index (χ4n) is 4.08. The van der Waals surface area contributed by atoms with E-state index in [4.69, 9.17) is 4.74 Å². The summed E-state index contributed by atoms with van der Waals surface area (Å²) in [5.74, 6) is 0.994. The predicted molar refractivity (Wildman–Crippen MR) is 119 cm³/mol. The summed E-state index contributed by atoms with van der Waals surface area (Å²) >= 11 is 0. The van der Waals surface area contributed by atoms with E-state index in [1.807, 2.05) is 41.3 Å². The summed E-state index contributed by atoms with van der Waals surface area (Å²) in [7, 11) is 0. The Labute approximate surface area is 175 Å². The van der Waals surface area contributed by atoms with E-state index in [2.05, 4.69) is 38.2 Å². The van der Waals surface area contributed by atoms with E-state index < -0.39 is 5.66 Å². The summed E-state index contributed by atoms with van der Waals surface area (Å²) < 4.78 is 5.89. The van der Waals surface area contributed by atoms with Gasteiger partial charge in [0, 0.05) is 12.2 Å². The van der Waals surface area contributed by atoms with Crippen molar-refractivity contribution >= 4 is 11.6 Å². The molecule has 0 aromatic heterocycles. The van der Waals surface area contributed by atoms with Crippen molar-refractivity contribution in [2.45, 2.75) is 65.0 Å². The molecule has 0 spiro atoms. The zero-order chi connectivity index (χ0) is 20.7. The van der Waals surface area contributed by atoms with Gasteiger partial charge in [-0.3, -0.25) is 4.79 Å². The van der Waals surface area contributed by atoms with E-state index in [1.165, 1.54) is 12.8 Å². The van der Waals surface area contributed by atoms with Gasteiger partial charge in [-0.2, -0.15) is 0 Å². The molecule has 0 aliphatic carbocycles. The second-order valence-corrected chi connectivity index (χ2v) is 7.77. The summed E-state index contributed by atoms with van der Waals surface area (Å²) in [5, 5.41) is 3.71. The van der Waals surface area contributed by atoms with Crippen molar-refractivity contribution in [3.8, 4) is 5.75 Å². The Hall–Kier alpha value is -2.49. The normalized spacial score (nSPS) is 18.3. The maximum absolute atomic E-state index is 13.4. The van der Waals surface area contributed by atoms with Gasteiger partial charge in [0.1, 0.15) is 11.4 Å². The van der Waals surface area contributed by atoms with Crippen LogP contribution in [0.15, 0.2) is 48.5 Å². The molecule has 2 aromatic carbocycles. The van der Waals surface area contributed by atoms with Crippen LogP contribution < -0.4 is 10.1 Å². The van der Waals surface area contributed by atoms with Crippen LogP contribution >= 0.6 is 0 Å². The van der Waals surface area contributed by atoms with Crippen LogP contribution in [-0.4, -0.2) is 24.0 Å². The van der Waals surface area contributed by atoms with E-state index >= 15 is 0 Å². The van der Waals surface area contributed by atoms with Crippen LogP contribution in [0.2, 0.25) is 0 Å². The Morgan fingerprint density at radius 2 is 1.66 bits per heavy atom. The molecule has 4 heteroatoms. The maximum Gasteiger partial charge on any atom is 0.258 e. The van der Waals surface area contributed by atoms with Crippen molar-refractivity contribution in [1.82, 2.24) is 4.90 Å². The van der Waals surface area contributed by atoms with Crippen LogP contribution in [0.3, 0.4) is 0 Å². The summed E-state index contributed by atoms with van der Waals surface area (Å²) in [6, 6.07) is 16.1. The number of fused-ring (bicyclic) bond motifs is 1. The number of rotatable bonds is 10. The Morgan fingerprint density at radius 1 is 0.931 bits per heavy atom. The molecule has 4 nitrogen and oxygen atoms in total. The molecule has 1 aliphatic heterocycles. The van der Waals surface area contributed by atoms with Gasteiger partial charge in [-0.05, 0) is 49.1 Å². The maximum atomic E-state index is 13.4. The average Bonchev–Trinajstić information content (AvgIpc) is 2.76. The zero-order valence-corrected chi connectivity index (χ0v) is 18.0. The van der Waals surface area contributed by atoms with Crippen molar-refractivity contribution in [2.24, 2.45) is 0 Å². The monoisotopic (exact) mass is 394 g/mol. The lowest BCUT2D eigenvalue weighted by Gasteiger charge is -2.48. The summed E-state index contributed by atoms with van der Waals surface area (Å²) in [6.45, 7) is 7.98. The number of benzene rings is 2. The first-order valence-electron chi connectivity index (χ1n) is 11.1. The zero-order valence-electron chi connectivity index (χ0n) is 18.0. The number of carbonyl (C=O) groups is 1. The van der Waals surface area contributed by atoms with Crippen molar-refractivity contribution in [1.29, 1.82) is 0 Å². The predicted octanol–water partition coefficient (Wildman–Crippen LogP) is 6.19. The summed E-state index contributed by atoms with van der Waals surface area (Å²) in [4.78, 5) is 15.4.